The molecule has 1 rings (SSSR count). The van der Waals surface area contributed by atoms with Gasteiger partial charge in [-0.25, -0.2) is 13.8 Å². The minimum Gasteiger partial charge on any atom is -0.466 e. The van der Waals surface area contributed by atoms with Gasteiger partial charge in [-0.15, -0.1) is 13.2 Å². The summed E-state index contributed by atoms with van der Waals surface area (Å²) in [6.07, 6.45) is -8.78. The third kappa shape index (κ3) is 5.39. The number of hydrogen-bond donors (Lipinski definition) is 0. The van der Waals surface area contributed by atoms with Crippen molar-refractivity contribution in [1.82, 2.24) is 4.98 Å². The molecule has 0 aliphatic carbocycles. The van der Waals surface area contributed by atoms with Crippen LogP contribution in [0.1, 0.15) is 30.2 Å². The van der Waals surface area contributed by atoms with Crippen molar-refractivity contribution in [3.05, 3.63) is 22.9 Å². The Labute approximate surface area is 130 Å². The molecule has 1 heterocycles. The summed E-state index contributed by atoms with van der Waals surface area (Å²) in [5.74, 6) is -1.89. The fraction of sp³-hybridized carbons (Fsp3) is 0.500. The van der Waals surface area contributed by atoms with Crippen LogP contribution in [0, 0.1) is 0 Å². The third-order valence-electron chi connectivity index (χ3n) is 2.40. The van der Waals surface area contributed by atoms with Crippen LogP contribution in [0.2, 0.25) is 0 Å². The zero-order chi connectivity index (χ0) is 16.9. The zero-order valence-electron chi connectivity index (χ0n) is 11.2. The van der Waals surface area contributed by atoms with Crippen molar-refractivity contribution < 1.29 is 36.2 Å². The summed E-state index contributed by atoms with van der Waals surface area (Å²) >= 11 is 2.97. The molecule has 0 saturated heterocycles. The van der Waals surface area contributed by atoms with Gasteiger partial charge < -0.3 is 9.47 Å². The predicted molar refractivity (Wildman–Crippen MR) is 68.8 cm³/mol. The van der Waals surface area contributed by atoms with E-state index < -0.39 is 36.8 Å². The van der Waals surface area contributed by atoms with E-state index in [4.69, 9.17) is 0 Å². The Morgan fingerprint density at radius 1 is 1.41 bits per heavy atom. The highest BCUT2D eigenvalue weighted by molar-refractivity contribution is 9.08. The molecule has 22 heavy (non-hydrogen) atoms. The summed E-state index contributed by atoms with van der Waals surface area (Å²) in [4.78, 5) is 14.6. The van der Waals surface area contributed by atoms with Crippen LogP contribution in [-0.4, -0.2) is 23.9 Å². The van der Waals surface area contributed by atoms with Gasteiger partial charge in [0.25, 0.3) is 6.43 Å². The highest BCUT2D eigenvalue weighted by Gasteiger charge is 2.34. The largest absolute Gasteiger partial charge is 0.574 e. The lowest BCUT2D eigenvalue weighted by atomic mass is 10.1. The second kappa shape index (κ2) is 7.70. The van der Waals surface area contributed by atoms with Gasteiger partial charge in [0.15, 0.2) is 0 Å². The first-order chi connectivity index (χ1) is 10.2. The number of hydrogen-bond acceptors (Lipinski definition) is 4. The van der Waals surface area contributed by atoms with E-state index in [0.717, 1.165) is 6.07 Å². The summed E-state index contributed by atoms with van der Waals surface area (Å²) < 4.78 is 70.9. The van der Waals surface area contributed by atoms with Crippen LogP contribution in [0.15, 0.2) is 6.07 Å². The van der Waals surface area contributed by atoms with E-state index in [1.54, 1.807) is 0 Å². The van der Waals surface area contributed by atoms with Gasteiger partial charge >= 0.3 is 12.3 Å². The number of halogens is 6. The molecule has 0 aromatic carbocycles. The fourth-order valence-corrected chi connectivity index (χ4v) is 2.09. The normalized spacial score (nSPS) is 11.6. The predicted octanol–water partition coefficient (Wildman–Crippen LogP) is 3.92. The Hall–Kier alpha value is -1.45. The molecule has 0 spiro atoms. The van der Waals surface area contributed by atoms with Crippen LogP contribution in [0.4, 0.5) is 22.0 Å². The van der Waals surface area contributed by atoms with Gasteiger partial charge in [-0.1, -0.05) is 15.9 Å². The molecule has 124 valence electrons. The molecule has 0 N–H and O–H groups in total. The Balaban J connectivity index is 3.32. The topological polar surface area (TPSA) is 48.4 Å². The Kier molecular flexibility index (Phi) is 6.51. The molecule has 0 fully saturated rings. The van der Waals surface area contributed by atoms with Crippen LogP contribution >= 0.6 is 15.9 Å². The lowest BCUT2D eigenvalue weighted by Crippen LogP contribution is -2.21. The number of rotatable bonds is 6. The molecular formula is C12H11BrF5NO3. The lowest BCUT2D eigenvalue weighted by molar-refractivity contribution is -0.276. The van der Waals surface area contributed by atoms with E-state index in [1.165, 1.54) is 6.92 Å². The molecule has 10 heteroatoms. The van der Waals surface area contributed by atoms with Crippen molar-refractivity contribution in [2.45, 2.75) is 31.5 Å². The Bertz CT molecular complexity index is 536. The molecule has 0 saturated carbocycles. The number of alkyl halides is 6. The van der Waals surface area contributed by atoms with Crippen molar-refractivity contribution in [2.75, 3.05) is 6.61 Å². The van der Waals surface area contributed by atoms with Crippen LogP contribution in [0.5, 0.6) is 5.88 Å². The van der Waals surface area contributed by atoms with E-state index in [-0.39, 0.29) is 23.1 Å². The molecular weight excluding hydrogens is 381 g/mol. The summed E-state index contributed by atoms with van der Waals surface area (Å²) in [7, 11) is 0. The minimum absolute atomic E-state index is 0.0283. The first kappa shape index (κ1) is 18.6. The molecule has 0 unspecified atom stereocenters. The van der Waals surface area contributed by atoms with Crippen LogP contribution in [0.25, 0.3) is 0 Å². The van der Waals surface area contributed by atoms with Gasteiger partial charge in [-0.3, -0.25) is 4.79 Å². The molecule has 0 amide bonds. The summed E-state index contributed by atoms with van der Waals surface area (Å²) in [5.41, 5.74) is -1.09. The first-order valence-corrected chi connectivity index (χ1v) is 7.08. The zero-order valence-corrected chi connectivity index (χ0v) is 12.8. The monoisotopic (exact) mass is 391 g/mol. The van der Waals surface area contributed by atoms with Gasteiger partial charge in [-0.05, 0) is 18.6 Å². The second-order valence-corrected chi connectivity index (χ2v) is 4.51. The SMILES string of the molecule is CCOC(=O)Cc1c(CBr)cc(C(F)F)nc1OC(F)(F)F. The van der Waals surface area contributed by atoms with Gasteiger partial charge in [0, 0.05) is 10.9 Å². The molecule has 0 aliphatic heterocycles. The molecule has 1 aromatic heterocycles. The maximum Gasteiger partial charge on any atom is 0.574 e. The third-order valence-corrected chi connectivity index (χ3v) is 3.01. The number of esters is 1. The van der Waals surface area contributed by atoms with E-state index in [1.807, 2.05) is 0 Å². The smallest absolute Gasteiger partial charge is 0.466 e. The minimum atomic E-state index is -5.12. The van der Waals surface area contributed by atoms with Crippen molar-refractivity contribution in [3.8, 4) is 5.88 Å². The highest BCUT2D eigenvalue weighted by atomic mass is 79.9. The van der Waals surface area contributed by atoms with Crippen LogP contribution in [0.3, 0.4) is 0 Å². The van der Waals surface area contributed by atoms with E-state index in [0.29, 0.717) is 0 Å². The Morgan fingerprint density at radius 2 is 2.05 bits per heavy atom. The van der Waals surface area contributed by atoms with Crippen LogP contribution < -0.4 is 4.74 Å². The summed E-state index contributed by atoms with van der Waals surface area (Å²) in [6, 6.07) is 0.914. The van der Waals surface area contributed by atoms with Crippen molar-refractivity contribution in [2.24, 2.45) is 0 Å². The molecule has 0 atom stereocenters. The number of aromatic nitrogens is 1. The maximum atomic E-state index is 12.7. The van der Waals surface area contributed by atoms with Gasteiger partial charge in [0.1, 0.15) is 5.69 Å². The first-order valence-electron chi connectivity index (χ1n) is 5.96. The average Bonchev–Trinajstić information content (AvgIpc) is 2.38. The molecule has 4 nitrogen and oxygen atoms in total. The number of pyridine rings is 1. The number of ether oxygens (including phenoxy) is 2. The van der Waals surface area contributed by atoms with E-state index in [2.05, 4.69) is 30.4 Å². The molecule has 0 aliphatic rings. The number of nitrogens with zero attached hydrogens (tertiary/aromatic N) is 1. The summed E-state index contributed by atoms with van der Waals surface area (Å²) in [6.45, 7) is 1.55. The lowest BCUT2D eigenvalue weighted by Gasteiger charge is -2.16. The number of carbonyl (C=O) groups excluding carboxylic acids is 1. The quantitative estimate of drug-likeness (QED) is 0.419. The van der Waals surface area contributed by atoms with Crippen molar-refractivity contribution >= 4 is 21.9 Å². The van der Waals surface area contributed by atoms with E-state index in [9.17, 15) is 26.7 Å². The van der Waals surface area contributed by atoms with Crippen molar-refractivity contribution in [3.63, 3.8) is 0 Å². The fourth-order valence-electron chi connectivity index (χ4n) is 1.59. The van der Waals surface area contributed by atoms with Gasteiger partial charge in [0.2, 0.25) is 5.88 Å². The standard InChI is InChI=1S/C12H11BrF5NO3/c1-2-21-9(20)4-7-6(5-13)3-8(10(14)15)19-11(7)22-12(16,17)18/h3,10H,2,4-5H2,1H3. The summed E-state index contributed by atoms with van der Waals surface area (Å²) in [5, 5.41) is -0.0573. The average molecular weight is 392 g/mol. The second-order valence-electron chi connectivity index (χ2n) is 3.95. The van der Waals surface area contributed by atoms with Gasteiger partial charge in [-0.2, -0.15) is 0 Å². The van der Waals surface area contributed by atoms with E-state index >= 15 is 0 Å². The maximum absolute atomic E-state index is 12.7. The van der Waals surface area contributed by atoms with Gasteiger partial charge in [0.05, 0.1) is 13.0 Å². The molecule has 0 bridgehead atoms. The van der Waals surface area contributed by atoms with Crippen molar-refractivity contribution in [1.29, 1.82) is 0 Å². The Morgan fingerprint density at radius 3 is 2.50 bits per heavy atom. The molecule has 0 radical (unpaired) electrons. The molecule has 1 aromatic rings. The van der Waals surface area contributed by atoms with Crippen LogP contribution in [-0.2, 0) is 21.3 Å². The highest BCUT2D eigenvalue weighted by Crippen LogP contribution is 2.32. The number of carbonyl (C=O) groups is 1.